The summed E-state index contributed by atoms with van der Waals surface area (Å²) in [6, 6.07) is 6.59. The predicted molar refractivity (Wildman–Crippen MR) is 150 cm³/mol. The number of ether oxygens (including phenoxy) is 4. The molecule has 2 saturated carbocycles. The number of carbonyl (C=O) groups excluding carboxylic acids is 2. The first kappa shape index (κ1) is 27.1. The van der Waals surface area contributed by atoms with Crippen molar-refractivity contribution in [2.24, 2.45) is 11.8 Å². The van der Waals surface area contributed by atoms with Crippen LogP contribution in [0.1, 0.15) is 19.3 Å². The van der Waals surface area contributed by atoms with E-state index in [4.69, 9.17) is 23.9 Å². The van der Waals surface area contributed by atoms with Crippen molar-refractivity contribution in [2.45, 2.75) is 57.8 Å². The number of carbonyl (C=O) groups is 2. The van der Waals surface area contributed by atoms with Crippen LogP contribution in [0.5, 0.6) is 11.6 Å². The summed E-state index contributed by atoms with van der Waals surface area (Å²) < 4.78 is 24.7. The maximum Gasteiger partial charge on any atom is 0.309 e. The van der Waals surface area contributed by atoms with E-state index in [9.17, 15) is 9.59 Å². The molecule has 0 radical (unpaired) electrons. The van der Waals surface area contributed by atoms with Crippen LogP contribution >= 0.6 is 0 Å². The van der Waals surface area contributed by atoms with Gasteiger partial charge in [-0.3, -0.25) is 9.59 Å². The molecule has 39 heavy (non-hydrogen) atoms. The number of nitrogens with one attached hydrogen (secondary N) is 1. The summed E-state index contributed by atoms with van der Waals surface area (Å²) in [4.78, 5) is 33.8. The fourth-order valence-electron chi connectivity index (χ4n) is 4.48. The van der Waals surface area contributed by atoms with Gasteiger partial charge in [0.2, 0.25) is 11.8 Å². The van der Waals surface area contributed by atoms with Crippen molar-refractivity contribution < 1.29 is 28.5 Å². The zero-order chi connectivity index (χ0) is 27.7. The van der Waals surface area contributed by atoms with Gasteiger partial charge in [-0.2, -0.15) is 0 Å². The van der Waals surface area contributed by atoms with Crippen LogP contribution in [0.25, 0.3) is 22.2 Å². The minimum atomic E-state index is -1.25. The largest absolute Gasteiger partial charge is 0.490 e. The van der Waals surface area contributed by atoms with Crippen LogP contribution < -0.4 is 14.8 Å². The zero-order valence-corrected chi connectivity index (χ0v) is 24.2. The van der Waals surface area contributed by atoms with Gasteiger partial charge in [-0.1, -0.05) is 19.6 Å². The summed E-state index contributed by atoms with van der Waals surface area (Å²) in [5, 5.41) is 3.72. The second-order valence-electron chi connectivity index (χ2n) is 11.4. The van der Waals surface area contributed by atoms with Crippen LogP contribution in [0.4, 0.5) is 5.82 Å². The van der Waals surface area contributed by atoms with Crippen molar-refractivity contribution in [1.29, 1.82) is 0 Å². The highest BCUT2D eigenvalue weighted by Gasteiger charge is 2.49. The first-order valence-electron chi connectivity index (χ1n) is 13.3. The Kier molecular flexibility index (Phi) is 7.63. The Bertz CT molecular complexity index is 1380. The minimum absolute atomic E-state index is 0.199. The molecule has 0 saturated heterocycles. The second kappa shape index (κ2) is 11.0. The normalized spacial score (nSPS) is 18.6. The minimum Gasteiger partial charge on any atom is -0.490 e. The third-order valence-corrected chi connectivity index (χ3v) is 8.69. The van der Waals surface area contributed by atoms with Crippen LogP contribution in [0.3, 0.4) is 0 Å². The van der Waals surface area contributed by atoms with E-state index in [0.717, 1.165) is 35.4 Å². The maximum atomic E-state index is 12.8. The summed E-state index contributed by atoms with van der Waals surface area (Å²) in [6.07, 6.45) is 6.40. The third-order valence-electron chi connectivity index (χ3n) is 6.99. The summed E-state index contributed by atoms with van der Waals surface area (Å²) in [6.45, 7) is 7.91. The SMILES string of the molecule is COC(=O)[C@@H]1C[C@H]1C(=O)Nc1ccc2c(-c3c(OC4CC4)ccnc3OC)cn(COCC[Si](C)(C)C)c2n1. The Balaban J connectivity index is 1.48. The van der Waals surface area contributed by atoms with E-state index >= 15 is 0 Å². The fourth-order valence-corrected chi connectivity index (χ4v) is 5.24. The topological polar surface area (TPSA) is 114 Å². The van der Waals surface area contributed by atoms with E-state index in [1.807, 2.05) is 22.9 Å². The number of fused-ring (bicyclic) bond motifs is 1. The molecule has 0 aliphatic heterocycles. The van der Waals surface area contributed by atoms with Gasteiger partial charge >= 0.3 is 5.97 Å². The summed E-state index contributed by atoms with van der Waals surface area (Å²) in [5.41, 5.74) is 2.27. The standard InChI is InChI=1S/C28H36N4O6Si/c1-35-27-24(22(10-11-29-27)38-17-6-7-17)21-15-32(16-37-12-13-39(3,4)5)25-18(21)8-9-23(30-25)31-26(33)19-14-20(19)28(34)36-2/h8-11,15,17,19-20H,6-7,12-14,16H2,1-5H3,(H,30,31,33)/t19-,20-/m1/s1. The van der Waals surface area contributed by atoms with Crippen molar-refractivity contribution in [3.05, 3.63) is 30.6 Å². The molecule has 1 N–H and O–H groups in total. The molecule has 2 atom stereocenters. The van der Waals surface area contributed by atoms with E-state index in [1.165, 1.54) is 7.11 Å². The number of hydrogen-bond donors (Lipinski definition) is 1. The molecule has 3 aromatic rings. The van der Waals surface area contributed by atoms with Crippen LogP contribution in [0.15, 0.2) is 30.6 Å². The van der Waals surface area contributed by atoms with E-state index < -0.39 is 19.9 Å². The van der Waals surface area contributed by atoms with Crippen LogP contribution in [-0.2, 0) is 25.8 Å². The summed E-state index contributed by atoms with van der Waals surface area (Å²) in [7, 11) is 1.68. The molecule has 0 unspecified atom stereocenters. The van der Waals surface area contributed by atoms with Crippen LogP contribution in [0, 0.1) is 11.8 Å². The Morgan fingerprint density at radius 1 is 1.13 bits per heavy atom. The molecule has 10 nitrogen and oxygen atoms in total. The van der Waals surface area contributed by atoms with E-state index in [-0.39, 0.29) is 18.0 Å². The molecule has 0 aromatic carbocycles. The number of esters is 1. The Morgan fingerprint density at radius 2 is 1.92 bits per heavy atom. The van der Waals surface area contributed by atoms with Crippen molar-refractivity contribution in [3.63, 3.8) is 0 Å². The molecule has 1 amide bonds. The quantitative estimate of drug-likeness (QED) is 0.195. The van der Waals surface area contributed by atoms with Gasteiger partial charge in [0.15, 0.2) is 0 Å². The highest BCUT2D eigenvalue weighted by Crippen LogP contribution is 2.44. The number of aromatic nitrogens is 3. The van der Waals surface area contributed by atoms with Crippen LogP contribution in [0.2, 0.25) is 25.7 Å². The smallest absolute Gasteiger partial charge is 0.309 e. The third kappa shape index (κ3) is 6.25. The van der Waals surface area contributed by atoms with Crippen LogP contribution in [-0.4, -0.2) is 61.4 Å². The molecule has 11 heteroatoms. The van der Waals surface area contributed by atoms with Gasteiger partial charge in [0.05, 0.1) is 37.7 Å². The average Bonchev–Trinajstić information content (AvgIpc) is 3.83. The number of nitrogens with zero attached hydrogens (tertiary/aromatic N) is 3. The van der Waals surface area contributed by atoms with Gasteiger partial charge in [0.25, 0.3) is 0 Å². The Hall–Kier alpha value is -3.44. The molecule has 2 aliphatic carbocycles. The first-order valence-corrected chi connectivity index (χ1v) is 17.1. The molecular weight excluding hydrogens is 516 g/mol. The Labute approximate surface area is 229 Å². The van der Waals surface area contributed by atoms with Gasteiger partial charge < -0.3 is 28.8 Å². The fraction of sp³-hybridized carbons (Fsp3) is 0.500. The van der Waals surface area contributed by atoms with Crippen molar-refractivity contribution in [1.82, 2.24) is 14.5 Å². The van der Waals surface area contributed by atoms with Crippen molar-refractivity contribution in [2.75, 3.05) is 26.1 Å². The predicted octanol–water partition coefficient (Wildman–Crippen LogP) is 4.71. The van der Waals surface area contributed by atoms with Gasteiger partial charge in [0.1, 0.15) is 23.9 Å². The zero-order valence-electron chi connectivity index (χ0n) is 23.2. The molecule has 0 spiro atoms. The summed E-state index contributed by atoms with van der Waals surface area (Å²) in [5.74, 6) is 0.192. The number of hydrogen-bond acceptors (Lipinski definition) is 8. The molecular formula is C28H36N4O6Si. The lowest BCUT2D eigenvalue weighted by molar-refractivity contribution is -0.143. The maximum absolute atomic E-state index is 12.8. The lowest BCUT2D eigenvalue weighted by Gasteiger charge is -2.15. The Morgan fingerprint density at radius 3 is 2.62 bits per heavy atom. The average molecular weight is 553 g/mol. The monoisotopic (exact) mass is 552 g/mol. The van der Waals surface area contributed by atoms with Gasteiger partial charge in [-0.05, 0) is 43.5 Å². The molecule has 2 fully saturated rings. The number of amides is 1. The lowest BCUT2D eigenvalue weighted by Crippen LogP contribution is -2.22. The van der Waals surface area contributed by atoms with Crippen molar-refractivity contribution >= 4 is 36.8 Å². The van der Waals surface area contributed by atoms with Gasteiger partial charge in [0, 0.05) is 38.0 Å². The molecule has 5 rings (SSSR count). The van der Waals surface area contributed by atoms with Gasteiger partial charge in [-0.15, -0.1) is 0 Å². The van der Waals surface area contributed by atoms with E-state index in [1.54, 1.807) is 19.4 Å². The number of anilines is 1. The highest BCUT2D eigenvalue weighted by molar-refractivity contribution is 6.76. The molecule has 3 aromatic heterocycles. The van der Waals surface area contributed by atoms with Crippen molar-refractivity contribution in [3.8, 4) is 22.8 Å². The number of pyridine rings is 2. The highest BCUT2D eigenvalue weighted by atomic mass is 28.3. The molecule has 3 heterocycles. The molecule has 2 aliphatic rings. The van der Waals surface area contributed by atoms with Gasteiger partial charge in [-0.25, -0.2) is 9.97 Å². The molecule has 208 valence electrons. The van der Waals surface area contributed by atoms with E-state index in [2.05, 4.69) is 29.9 Å². The first-order chi connectivity index (χ1) is 18.7. The summed E-state index contributed by atoms with van der Waals surface area (Å²) >= 11 is 0. The number of methoxy groups -OCH3 is 2. The second-order valence-corrected chi connectivity index (χ2v) is 17.0. The molecule has 0 bridgehead atoms. The lowest BCUT2D eigenvalue weighted by atomic mass is 10.1. The van der Waals surface area contributed by atoms with E-state index in [0.29, 0.717) is 42.9 Å². The number of rotatable bonds is 12.